The molecule has 2 nitrogen and oxygen atoms in total. The largest absolute Gasteiger partial charge is 0.473 e. The van der Waals surface area contributed by atoms with E-state index in [-0.39, 0.29) is 18.4 Å². The highest BCUT2D eigenvalue weighted by Crippen LogP contribution is 2.29. The molecule has 2 aromatic carbocycles. The molecule has 1 aliphatic heterocycles. The molecule has 1 aliphatic rings. The van der Waals surface area contributed by atoms with Crippen molar-refractivity contribution < 1.29 is 13.5 Å². The van der Waals surface area contributed by atoms with E-state index in [1.807, 2.05) is 0 Å². The number of halogens is 2. The molecule has 0 saturated heterocycles. The van der Waals surface area contributed by atoms with Crippen molar-refractivity contribution >= 4 is 5.69 Å². The van der Waals surface area contributed by atoms with E-state index in [0.717, 1.165) is 5.56 Å². The van der Waals surface area contributed by atoms with Gasteiger partial charge in [0, 0.05) is 5.56 Å². The van der Waals surface area contributed by atoms with Gasteiger partial charge < -0.3 is 9.64 Å². The molecule has 0 bridgehead atoms. The van der Waals surface area contributed by atoms with Crippen LogP contribution in [0.15, 0.2) is 42.5 Å². The van der Waals surface area contributed by atoms with E-state index < -0.39 is 0 Å². The summed E-state index contributed by atoms with van der Waals surface area (Å²) in [5.41, 5.74) is 1.19. The van der Waals surface area contributed by atoms with Crippen molar-refractivity contribution in [1.82, 2.24) is 0 Å². The fraction of sp³-hybridized carbons (Fsp3) is 0.143. The normalized spacial score (nSPS) is 14.0. The summed E-state index contributed by atoms with van der Waals surface area (Å²) in [5, 5.41) is 0. The van der Waals surface area contributed by atoms with Crippen LogP contribution in [-0.2, 0) is 6.54 Å². The summed E-state index contributed by atoms with van der Waals surface area (Å²) in [6.07, 6.45) is 0. The Morgan fingerprint density at radius 1 is 1.06 bits per heavy atom. The Bertz CT molecular complexity index is 586. The summed E-state index contributed by atoms with van der Waals surface area (Å²) in [6, 6.07) is 10.9. The number of rotatable bonds is 1. The maximum absolute atomic E-state index is 13.7. The van der Waals surface area contributed by atoms with E-state index in [9.17, 15) is 8.78 Å². The van der Waals surface area contributed by atoms with Gasteiger partial charge in [-0.15, -0.1) is 0 Å². The molecule has 3 rings (SSSR count). The standard InChI is InChI=1S/C14H11F2NO/c15-11-5-6-14-10(7-11)8-17(9-18-14)13-4-2-1-3-12(13)16/h1-7H,8-9H2. The van der Waals surface area contributed by atoms with Crippen LogP contribution in [0.4, 0.5) is 14.5 Å². The van der Waals surface area contributed by atoms with Crippen LogP contribution in [0.25, 0.3) is 0 Å². The molecule has 0 spiro atoms. The van der Waals surface area contributed by atoms with Gasteiger partial charge in [-0.3, -0.25) is 0 Å². The average molecular weight is 247 g/mol. The number of para-hydroxylation sites is 1. The summed E-state index contributed by atoms with van der Waals surface area (Å²) in [4.78, 5) is 1.73. The molecule has 0 N–H and O–H groups in total. The van der Waals surface area contributed by atoms with Crippen molar-refractivity contribution in [2.75, 3.05) is 11.6 Å². The van der Waals surface area contributed by atoms with Gasteiger partial charge in [-0.2, -0.15) is 0 Å². The maximum atomic E-state index is 13.7. The quantitative estimate of drug-likeness (QED) is 0.766. The van der Waals surface area contributed by atoms with Crippen LogP contribution in [0.2, 0.25) is 0 Å². The van der Waals surface area contributed by atoms with Gasteiger partial charge in [0.15, 0.2) is 6.73 Å². The lowest BCUT2D eigenvalue weighted by Crippen LogP contribution is -2.32. The minimum atomic E-state index is -0.312. The van der Waals surface area contributed by atoms with Crippen molar-refractivity contribution in [2.45, 2.75) is 6.54 Å². The van der Waals surface area contributed by atoms with Crippen molar-refractivity contribution in [2.24, 2.45) is 0 Å². The highest BCUT2D eigenvalue weighted by Gasteiger charge is 2.19. The van der Waals surface area contributed by atoms with Crippen LogP contribution in [0.1, 0.15) is 5.56 Å². The summed E-state index contributed by atoms with van der Waals surface area (Å²) in [7, 11) is 0. The molecular formula is C14H11F2NO. The third kappa shape index (κ3) is 1.90. The maximum Gasteiger partial charge on any atom is 0.161 e. The van der Waals surface area contributed by atoms with E-state index in [1.165, 1.54) is 18.2 Å². The number of anilines is 1. The Morgan fingerprint density at radius 2 is 1.89 bits per heavy atom. The van der Waals surface area contributed by atoms with Crippen LogP contribution in [0.3, 0.4) is 0 Å². The number of ether oxygens (including phenoxy) is 1. The highest BCUT2D eigenvalue weighted by molar-refractivity contribution is 5.50. The van der Waals surface area contributed by atoms with Crippen LogP contribution < -0.4 is 9.64 Å². The molecule has 1 heterocycles. The Morgan fingerprint density at radius 3 is 2.72 bits per heavy atom. The van der Waals surface area contributed by atoms with Gasteiger partial charge in [0.1, 0.15) is 17.4 Å². The first-order valence-electron chi connectivity index (χ1n) is 5.65. The first-order chi connectivity index (χ1) is 8.74. The van der Waals surface area contributed by atoms with Gasteiger partial charge in [-0.1, -0.05) is 12.1 Å². The van der Waals surface area contributed by atoms with Crippen molar-refractivity contribution in [1.29, 1.82) is 0 Å². The van der Waals surface area contributed by atoms with Crippen molar-refractivity contribution in [3.63, 3.8) is 0 Å². The van der Waals surface area contributed by atoms with Crippen LogP contribution in [0, 0.1) is 11.6 Å². The predicted octanol–water partition coefficient (Wildman–Crippen LogP) is 3.32. The predicted molar refractivity (Wildman–Crippen MR) is 64.5 cm³/mol. The molecule has 92 valence electrons. The SMILES string of the molecule is Fc1ccc2c(c1)CN(c1ccccc1F)CO2. The molecule has 0 atom stereocenters. The van der Waals surface area contributed by atoms with Crippen molar-refractivity contribution in [3.8, 4) is 5.75 Å². The molecule has 0 unspecified atom stereocenters. The highest BCUT2D eigenvalue weighted by atomic mass is 19.1. The smallest absolute Gasteiger partial charge is 0.161 e. The molecule has 0 aromatic heterocycles. The van der Waals surface area contributed by atoms with Crippen LogP contribution >= 0.6 is 0 Å². The molecule has 0 amide bonds. The zero-order valence-corrected chi connectivity index (χ0v) is 9.57. The molecule has 4 heteroatoms. The molecule has 0 aliphatic carbocycles. The zero-order chi connectivity index (χ0) is 12.5. The summed E-state index contributed by atoms with van der Waals surface area (Å²) < 4.78 is 32.3. The monoisotopic (exact) mass is 247 g/mol. The second-order valence-electron chi connectivity index (χ2n) is 4.17. The molecular weight excluding hydrogens is 236 g/mol. The minimum Gasteiger partial charge on any atom is -0.473 e. The third-order valence-electron chi connectivity index (χ3n) is 2.95. The number of benzene rings is 2. The molecule has 0 radical (unpaired) electrons. The number of fused-ring (bicyclic) bond motifs is 1. The fourth-order valence-electron chi connectivity index (χ4n) is 2.07. The Hall–Kier alpha value is -2.10. The molecule has 0 fully saturated rings. The fourth-order valence-corrected chi connectivity index (χ4v) is 2.07. The minimum absolute atomic E-state index is 0.263. The van der Waals surface area contributed by atoms with Gasteiger partial charge in [0.2, 0.25) is 0 Å². The van der Waals surface area contributed by atoms with Crippen molar-refractivity contribution in [3.05, 3.63) is 59.7 Å². The summed E-state index contributed by atoms with van der Waals surface area (Å²) in [5.74, 6) is 0.0395. The zero-order valence-electron chi connectivity index (χ0n) is 9.57. The van der Waals surface area contributed by atoms with E-state index >= 15 is 0 Å². The second-order valence-corrected chi connectivity index (χ2v) is 4.17. The van der Waals surface area contributed by atoms with Crippen LogP contribution in [-0.4, -0.2) is 6.73 Å². The number of hydrogen-bond donors (Lipinski definition) is 0. The second kappa shape index (κ2) is 4.29. The van der Waals surface area contributed by atoms with Gasteiger partial charge in [0.05, 0.1) is 12.2 Å². The molecule has 18 heavy (non-hydrogen) atoms. The lowest BCUT2D eigenvalue weighted by atomic mass is 10.1. The first-order valence-corrected chi connectivity index (χ1v) is 5.65. The average Bonchev–Trinajstić information content (AvgIpc) is 2.38. The number of nitrogens with zero attached hydrogens (tertiary/aromatic N) is 1. The Balaban J connectivity index is 1.93. The first kappa shape index (κ1) is 11.0. The third-order valence-corrected chi connectivity index (χ3v) is 2.95. The van der Waals surface area contributed by atoms with Crippen LogP contribution in [0.5, 0.6) is 5.75 Å². The molecule has 0 saturated carbocycles. The summed E-state index contributed by atoms with van der Waals surface area (Å²) in [6.45, 7) is 0.702. The summed E-state index contributed by atoms with van der Waals surface area (Å²) >= 11 is 0. The Kier molecular flexibility index (Phi) is 2.63. The molecule has 2 aromatic rings. The van der Waals surface area contributed by atoms with Gasteiger partial charge in [-0.05, 0) is 30.3 Å². The van der Waals surface area contributed by atoms with E-state index in [0.29, 0.717) is 18.0 Å². The topological polar surface area (TPSA) is 12.5 Å². The van der Waals surface area contributed by atoms with Gasteiger partial charge in [0.25, 0.3) is 0 Å². The Labute approximate surface area is 103 Å². The van der Waals surface area contributed by atoms with E-state index in [2.05, 4.69) is 0 Å². The lowest BCUT2D eigenvalue weighted by molar-refractivity contribution is 0.287. The van der Waals surface area contributed by atoms with E-state index in [1.54, 1.807) is 29.2 Å². The van der Waals surface area contributed by atoms with Gasteiger partial charge in [-0.25, -0.2) is 8.78 Å². The van der Waals surface area contributed by atoms with Gasteiger partial charge >= 0.3 is 0 Å². The number of hydrogen-bond acceptors (Lipinski definition) is 2. The lowest BCUT2D eigenvalue weighted by Gasteiger charge is -2.30. The van der Waals surface area contributed by atoms with E-state index in [4.69, 9.17) is 4.74 Å².